The fourth-order valence-electron chi connectivity index (χ4n) is 3.13. The van der Waals surface area contributed by atoms with Crippen LogP contribution in [0.15, 0.2) is 18.3 Å². The Balaban J connectivity index is 1.96. The Labute approximate surface area is 91.3 Å². The van der Waals surface area contributed by atoms with Gasteiger partial charge in [-0.2, -0.15) is 0 Å². The molecule has 0 spiro atoms. The molecule has 3 heteroatoms. The number of nitrogens with zero attached hydrogens (tertiary/aromatic N) is 3. The Morgan fingerprint density at radius 2 is 2.27 bits per heavy atom. The fraction of sp³-hybridized carbons (Fsp3) is 0.667. The zero-order chi connectivity index (χ0) is 10.4. The Morgan fingerprint density at radius 3 is 2.93 bits per heavy atom. The molecule has 3 heterocycles. The summed E-state index contributed by atoms with van der Waals surface area (Å²) in [7, 11) is 2.14. The number of hydrogen-bond donors (Lipinski definition) is 0. The number of aryl methyl sites for hydroxylation is 1. The molecular weight excluding hydrogens is 186 g/mol. The van der Waals surface area contributed by atoms with Gasteiger partial charge in [-0.25, -0.2) is 0 Å². The molecule has 3 rings (SSSR count). The van der Waals surface area contributed by atoms with Crippen molar-refractivity contribution in [2.24, 2.45) is 7.05 Å². The van der Waals surface area contributed by atoms with Gasteiger partial charge in [0.2, 0.25) is 0 Å². The summed E-state index contributed by atoms with van der Waals surface area (Å²) in [4.78, 5) is 5.19. The standard InChI is InChI=1S/C12H19N3/c1-10-14-8-3-5-11(9-14)15(10)12-6-4-7-13(12)2/h4,6-7,10-11H,3,5,8-9H2,1-2H3/t10-,11?/m0/s1. The minimum atomic E-state index is 0.575. The van der Waals surface area contributed by atoms with Crippen molar-refractivity contribution in [1.29, 1.82) is 0 Å². The van der Waals surface area contributed by atoms with Crippen LogP contribution in [-0.4, -0.2) is 34.8 Å². The molecule has 0 aliphatic carbocycles. The molecule has 0 saturated carbocycles. The summed E-state index contributed by atoms with van der Waals surface area (Å²) >= 11 is 0. The third-order valence-corrected chi connectivity index (χ3v) is 3.93. The number of hydrogen-bond acceptors (Lipinski definition) is 2. The zero-order valence-corrected chi connectivity index (χ0v) is 9.56. The van der Waals surface area contributed by atoms with Crippen molar-refractivity contribution in [3.05, 3.63) is 18.3 Å². The average molecular weight is 205 g/mol. The van der Waals surface area contributed by atoms with Crippen LogP contribution in [-0.2, 0) is 7.05 Å². The fourth-order valence-corrected chi connectivity index (χ4v) is 3.13. The Hall–Kier alpha value is -0.960. The number of fused-ring (bicyclic) bond motifs is 2. The van der Waals surface area contributed by atoms with Crippen molar-refractivity contribution in [2.75, 3.05) is 18.0 Å². The number of piperidine rings is 1. The van der Waals surface area contributed by atoms with E-state index >= 15 is 0 Å². The topological polar surface area (TPSA) is 11.4 Å². The van der Waals surface area contributed by atoms with Gasteiger partial charge in [0.15, 0.2) is 0 Å². The van der Waals surface area contributed by atoms with E-state index in [2.05, 4.69) is 46.7 Å². The van der Waals surface area contributed by atoms with E-state index < -0.39 is 0 Å². The average Bonchev–Trinajstić information content (AvgIpc) is 2.73. The van der Waals surface area contributed by atoms with E-state index in [0.717, 1.165) is 6.04 Å². The highest BCUT2D eigenvalue weighted by Gasteiger charge is 2.39. The van der Waals surface area contributed by atoms with Gasteiger partial charge in [-0.15, -0.1) is 0 Å². The van der Waals surface area contributed by atoms with E-state index in [1.54, 1.807) is 0 Å². The Bertz CT molecular complexity index is 356. The number of anilines is 1. The van der Waals surface area contributed by atoms with E-state index in [1.807, 2.05) is 0 Å². The SMILES string of the molecule is C[C@H]1N2CCCC(C2)N1c1cccn1C. The molecule has 2 fully saturated rings. The van der Waals surface area contributed by atoms with Gasteiger partial charge >= 0.3 is 0 Å². The zero-order valence-electron chi connectivity index (χ0n) is 9.56. The summed E-state index contributed by atoms with van der Waals surface area (Å²) in [6.07, 6.45) is 5.42. The smallest absolute Gasteiger partial charge is 0.109 e. The molecule has 3 atom stereocenters. The van der Waals surface area contributed by atoms with Gasteiger partial charge in [0.25, 0.3) is 0 Å². The van der Waals surface area contributed by atoms with Gasteiger partial charge in [0.1, 0.15) is 5.82 Å². The van der Waals surface area contributed by atoms with E-state index in [1.165, 1.54) is 31.7 Å². The molecule has 0 amide bonds. The molecule has 2 bridgehead atoms. The highest BCUT2D eigenvalue weighted by Crippen LogP contribution is 2.33. The first-order chi connectivity index (χ1) is 7.27. The van der Waals surface area contributed by atoms with Crippen molar-refractivity contribution in [3.8, 4) is 0 Å². The Kier molecular flexibility index (Phi) is 2.02. The van der Waals surface area contributed by atoms with Gasteiger partial charge in [-0.05, 0) is 31.9 Å². The number of rotatable bonds is 1. The highest BCUT2D eigenvalue weighted by molar-refractivity contribution is 5.44. The largest absolute Gasteiger partial charge is 0.338 e. The van der Waals surface area contributed by atoms with Crippen molar-refractivity contribution in [1.82, 2.24) is 9.47 Å². The first kappa shape index (κ1) is 9.28. The summed E-state index contributed by atoms with van der Waals surface area (Å²) in [6.45, 7) is 4.86. The highest BCUT2D eigenvalue weighted by atomic mass is 15.5. The van der Waals surface area contributed by atoms with Crippen LogP contribution < -0.4 is 4.90 Å². The first-order valence-electron chi connectivity index (χ1n) is 5.91. The summed E-state index contributed by atoms with van der Waals surface area (Å²) in [6, 6.07) is 5.11. The molecule has 0 aromatic carbocycles. The van der Waals surface area contributed by atoms with Crippen LogP contribution in [0, 0.1) is 0 Å². The van der Waals surface area contributed by atoms with Gasteiger partial charge < -0.3 is 9.47 Å². The van der Waals surface area contributed by atoms with Crippen LogP contribution in [0.3, 0.4) is 0 Å². The minimum Gasteiger partial charge on any atom is -0.338 e. The summed E-state index contributed by atoms with van der Waals surface area (Å²) < 4.78 is 2.23. The van der Waals surface area contributed by atoms with Gasteiger partial charge in [-0.1, -0.05) is 0 Å². The third kappa shape index (κ3) is 1.29. The van der Waals surface area contributed by atoms with Crippen molar-refractivity contribution >= 4 is 5.82 Å². The first-order valence-corrected chi connectivity index (χ1v) is 5.91. The predicted molar refractivity (Wildman–Crippen MR) is 61.9 cm³/mol. The molecular formula is C12H19N3. The van der Waals surface area contributed by atoms with Crippen LogP contribution in [0.1, 0.15) is 19.8 Å². The molecule has 1 aromatic heterocycles. The molecule has 0 radical (unpaired) electrons. The van der Waals surface area contributed by atoms with E-state index in [9.17, 15) is 0 Å². The van der Waals surface area contributed by atoms with Gasteiger partial charge in [0, 0.05) is 32.4 Å². The second kappa shape index (κ2) is 3.27. The molecule has 1 aromatic rings. The van der Waals surface area contributed by atoms with Crippen LogP contribution in [0.2, 0.25) is 0 Å². The summed E-state index contributed by atoms with van der Waals surface area (Å²) in [5.74, 6) is 1.37. The second-order valence-corrected chi connectivity index (χ2v) is 4.81. The van der Waals surface area contributed by atoms with Crippen LogP contribution >= 0.6 is 0 Å². The van der Waals surface area contributed by atoms with Crippen molar-refractivity contribution in [2.45, 2.75) is 32.0 Å². The maximum absolute atomic E-state index is 2.60. The quantitative estimate of drug-likeness (QED) is 0.690. The summed E-state index contributed by atoms with van der Waals surface area (Å²) in [5.41, 5.74) is 0. The van der Waals surface area contributed by atoms with E-state index in [4.69, 9.17) is 0 Å². The molecule has 3 nitrogen and oxygen atoms in total. The maximum Gasteiger partial charge on any atom is 0.109 e. The number of aromatic nitrogens is 1. The van der Waals surface area contributed by atoms with Crippen LogP contribution in [0.5, 0.6) is 0 Å². The molecule has 0 N–H and O–H groups in total. The van der Waals surface area contributed by atoms with Crippen LogP contribution in [0.25, 0.3) is 0 Å². The molecule has 2 unspecified atom stereocenters. The third-order valence-electron chi connectivity index (χ3n) is 3.93. The lowest BCUT2D eigenvalue weighted by molar-refractivity contribution is 0.244. The molecule has 2 aliphatic heterocycles. The van der Waals surface area contributed by atoms with E-state index in [-0.39, 0.29) is 0 Å². The molecule has 2 aliphatic rings. The predicted octanol–water partition coefficient (Wildman–Crippen LogP) is 1.66. The monoisotopic (exact) mass is 205 g/mol. The second-order valence-electron chi connectivity index (χ2n) is 4.81. The van der Waals surface area contributed by atoms with Gasteiger partial charge in [0.05, 0.1) is 6.17 Å². The lowest BCUT2D eigenvalue weighted by atomic mass is 10.1. The van der Waals surface area contributed by atoms with Gasteiger partial charge in [-0.3, -0.25) is 4.90 Å². The lowest BCUT2D eigenvalue weighted by Crippen LogP contribution is -2.37. The Morgan fingerprint density at radius 1 is 1.40 bits per heavy atom. The normalized spacial score (nSPS) is 34.8. The molecule has 82 valence electrons. The van der Waals surface area contributed by atoms with Crippen molar-refractivity contribution in [3.63, 3.8) is 0 Å². The molecule has 15 heavy (non-hydrogen) atoms. The molecule has 2 saturated heterocycles. The van der Waals surface area contributed by atoms with E-state index in [0.29, 0.717) is 6.17 Å². The maximum atomic E-state index is 2.60. The van der Waals surface area contributed by atoms with Crippen LogP contribution in [0.4, 0.5) is 5.82 Å². The lowest BCUT2D eigenvalue weighted by Gasteiger charge is -2.29. The van der Waals surface area contributed by atoms with Crippen molar-refractivity contribution < 1.29 is 0 Å². The minimum absolute atomic E-state index is 0.575. The summed E-state index contributed by atoms with van der Waals surface area (Å²) in [5, 5.41) is 0.